The summed E-state index contributed by atoms with van der Waals surface area (Å²) < 4.78 is 11.3. The first-order valence-electron chi connectivity index (χ1n) is 9.42. The molecule has 1 aromatic carbocycles. The molecule has 4 N–H and O–H groups in total. The summed E-state index contributed by atoms with van der Waals surface area (Å²) in [6.07, 6.45) is -3.98. The molecule has 2 heterocycles. The molecule has 2 aromatic rings. The lowest BCUT2D eigenvalue weighted by Crippen LogP contribution is -2.61. The molecule has 0 unspecified atom stereocenters. The first-order chi connectivity index (χ1) is 13.7. The molecule has 0 amide bonds. The van der Waals surface area contributed by atoms with Crippen LogP contribution in [-0.2, 0) is 34.7 Å². The molecule has 8 heteroatoms. The molecule has 1 aliphatic heterocycles. The van der Waals surface area contributed by atoms with Crippen molar-refractivity contribution < 1.29 is 29.9 Å². The highest BCUT2D eigenvalue weighted by atomic mass is 35.5. The van der Waals surface area contributed by atoms with Crippen LogP contribution in [0.15, 0.2) is 24.3 Å². The van der Waals surface area contributed by atoms with E-state index >= 15 is 0 Å². The topological polar surface area (TPSA) is 99.4 Å². The number of hydrogen-bond acceptors (Lipinski definition) is 7. The van der Waals surface area contributed by atoms with Crippen LogP contribution in [0.5, 0.6) is 0 Å². The Morgan fingerprint density at radius 3 is 2.45 bits per heavy atom. The molecule has 160 valence electrons. The van der Waals surface area contributed by atoms with Gasteiger partial charge >= 0.3 is 0 Å². The van der Waals surface area contributed by atoms with Crippen molar-refractivity contribution in [2.75, 3.05) is 7.11 Å². The zero-order valence-electron chi connectivity index (χ0n) is 16.6. The van der Waals surface area contributed by atoms with Gasteiger partial charge in [0.15, 0.2) is 0 Å². The number of hydrogen-bond donors (Lipinski definition) is 4. The molecule has 0 radical (unpaired) electrons. The lowest BCUT2D eigenvalue weighted by molar-refractivity contribution is -0.263. The van der Waals surface area contributed by atoms with E-state index in [4.69, 9.17) is 21.1 Å². The van der Waals surface area contributed by atoms with Gasteiger partial charge in [-0.2, -0.15) is 0 Å². The van der Waals surface area contributed by atoms with Crippen LogP contribution in [0.25, 0.3) is 0 Å². The smallest absolute Gasteiger partial charge is 0.120 e. The van der Waals surface area contributed by atoms with Crippen molar-refractivity contribution in [3.63, 3.8) is 0 Å². The standard InChI is InChI=1S/C21H27ClO6S/c1-11-18(24)19(25)20(26)21(2,28-11)16-7-12(17(22)8-13(16)10-27-3)6-14-4-5-15(9-23)29-14/h4-5,7-8,11,18-20,23-26H,6,9-10H2,1-3H3/t11-,18-,19+,20-,21+/m1/s1. The Labute approximate surface area is 179 Å². The fraction of sp³-hybridized carbons (Fsp3) is 0.524. The number of methoxy groups -OCH3 is 1. The van der Waals surface area contributed by atoms with Crippen molar-refractivity contribution in [2.45, 2.75) is 63.5 Å². The molecule has 29 heavy (non-hydrogen) atoms. The molecule has 6 nitrogen and oxygen atoms in total. The minimum Gasteiger partial charge on any atom is -0.391 e. The second-order valence-electron chi connectivity index (χ2n) is 7.59. The van der Waals surface area contributed by atoms with Crippen molar-refractivity contribution in [3.05, 3.63) is 55.7 Å². The number of ether oxygens (including phenoxy) is 2. The summed E-state index contributed by atoms with van der Waals surface area (Å²) >= 11 is 8.04. The lowest BCUT2D eigenvalue weighted by atomic mass is 9.79. The summed E-state index contributed by atoms with van der Waals surface area (Å²) in [6, 6.07) is 7.49. The van der Waals surface area contributed by atoms with Crippen LogP contribution in [0.1, 0.15) is 40.3 Å². The Morgan fingerprint density at radius 2 is 1.83 bits per heavy atom. The molecule has 1 aliphatic rings. The fourth-order valence-electron chi connectivity index (χ4n) is 3.86. The summed E-state index contributed by atoms with van der Waals surface area (Å²) in [5, 5.41) is 41.1. The number of halogens is 1. The molecule has 5 atom stereocenters. The van der Waals surface area contributed by atoms with E-state index < -0.39 is 30.0 Å². The van der Waals surface area contributed by atoms with Crippen molar-refractivity contribution in [1.29, 1.82) is 0 Å². The Bertz CT molecular complexity index is 856. The zero-order valence-corrected chi connectivity index (χ0v) is 18.2. The number of rotatable bonds is 6. The van der Waals surface area contributed by atoms with Gasteiger partial charge in [0.2, 0.25) is 0 Å². The largest absolute Gasteiger partial charge is 0.391 e. The minimum absolute atomic E-state index is 0.00731. The predicted octanol–water partition coefficient (Wildman–Crippen LogP) is 2.35. The molecule has 0 bridgehead atoms. The van der Waals surface area contributed by atoms with Gasteiger partial charge in [-0.15, -0.1) is 11.3 Å². The maximum absolute atomic E-state index is 10.8. The molecular formula is C21H27ClO6S. The molecule has 3 rings (SSSR count). The van der Waals surface area contributed by atoms with Gasteiger partial charge in [0.1, 0.15) is 23.9 Å². The van der Waals surface area contributed by atoms with Crippen LogP contribution in [0, 0.1) is 0 Å². The molecule has 0 spiro atoms. The number of aliphatic hydroxyl groups excluding tert-OH is 4. The molecular weight excluding hydrogens is 416 g/mol. The monoisotopic (exact) mass is 442 g/mol. The predicted molar refractivity (Wildman–Crippen MR) is 111 cm³/mol. The summed E-state index contributed by atoms with van der Waals surface area (Å²) in [5.74, 6) is 0. The average Bonchev–Trinajstić information content (AvgIpc) is 3.14. The maximum atomic E-state index is 10.8. The second-order valence-corrected chi connectivity index (χ2v) is 9.25. The quantitative estimate of drug-likeness (QED) is 0.548. The van der Waals surface area contributed by atoms with Gasteiger partial charge in [0, 0.05) is 28.3 Å². The van der Waals surface area contributed by atoms with E-state index in [0.717, 1.165) is 20.9 Å². The Hall–Kier alpha value is -1.03. The molecule has 1 fully saturated rings. The van der Waals surface area contributed by atoms with E-state index in [0.29, 0.717) is 17.0 Å². The van der Waals surface area contributed by atoms with E-state index in [1.54, 1.807) is 27.0 Å². The summed E-state index contributed by atoms with van der Waals surface area (Å²) in [4.78, 5) is 1.91. The van der Waals surface area contributed by atoms with Crippen LogP contribution < -0.4 is 0 Å². The van der Waals surface area contributed by atoms with Crippen LogP contribution in [-0.4, -0.2) is 52.0 Å². The molecule has 1 saturated heterocycles. The van der Waals surface area contributed by atoms with Crippen molar-refractivity contribution in [1.82, 2.24) is 0 Å². The molecule has 0 aliphatic carbocycles. The number of thiophene rings is 1. The van der Waals surface area contributed by atoms with Gasteiger partial charge in [-0.05, 0) is 48.7 Å². The van der Waals surface area contributed by atoms with Crippen LogP contribution in [0.2, 0.25) is 5.02 Å². The third-order valence-electron chi connectivity index (χ3n) is 5.49. The summed E-state index contributed by atoms with van der Waals surface area (Å²) in [6.45, 7) is 3.60. The Morgan fingerprint density at radius 1 is 1.14 bits per heavy atom. The first-order valence-corrected chi connectivity index (χ1v) is 10.6. The Balaban J connectivity index is 2.05. The highest BCUT2D eigenvalue weighted by Crippen LogP contribution is 2.41. The van der Waals surface area contributed by atoms with Crippen LogP contribution in [0.4, 0.5) is 0 Å². The Kier molecular flexibility index (Phi) is 7.03. The van der Waals surface area contributed by atoms with Gasteiger partial charge in [-0.3, -0.25) is 0 Å². The van der Waals surface area contributed by atoms with E-state index in [1.165, 1.54) is 11.3 Å². The zero-order chi connectivity index (χ0) is 21.3. The second kappa shape index (κ2) is 8.99. The van der Waals surface area contributed by atoms with Crippen molar-refractivity contribution in [2.24, 2.45) is 0 Å². The summed E-state index contributed by atoms with van der Waals surface area (Å²) in [5.41, 5.74) is 0.971. The maximum Gasteiger partial charge on any atom is 0.120 e. The lowest BCUT2D eigenvalue weighted by Gasteiger charge is -2.47. The average molecular weight is 443 g/mol. The number of aliphatic hydroxyl groups is 4. The van der Waals surface area contributed by atoms with Gasteiger partial charge in [0.25, 0.3) is 0 Å². The van der Waals surface area contributed by atoms with Gasteiger partial charge < -0.3 is 29.9 Å². The van der Waals surface area contributed by atoms with Gasteiger partial charge in [-0.25, -0.2) is 0 Å². The van der Waals surface area contributed by atoms with Gasteiger partial charge in [0.05, 0.1) is 19.3 Å². The van der Waals surface area contributed by atoms with Crippen molar-refractivity contribution in [3.8, 4) is 0 Å². The van der Waals surface area contributed by atoms with E-state index in [1.807, 2.05) is 18.2 Å². The fourth-order valence-corrected chi connectivity index (χ4v) is 5.01. The number of benzene rings is 1. The molecule has 0 saturated carbocycles. The van der Waals surface area contributed by atoms with E-state index in [9.17, 15) is 20.4 Å². The molecule has 1 aromatic heterocycles. The highest BCUT2D eigenvalue weighted by molar-refractivity contribution is 7.12. The summed E-state index contributed by atoms with van der Waals surface area (Å²) in [7, 11) is 1.56. The minimum atomic E-state index is -1.34. The van der Waals surface area contributed by atoms with E-state index in [2.05, 4.69) is 0 Å². The normalized spacial score (nSPS) is 29.9. The van der Waals surface area contributed by atoms with Crippen LogP contribution >= 0.6 is 22.9 Å². The van der Waals surface area contributed by atoms with Crippen LogP contribution in [0.3, 0.4) is 0 Å². The highest BCUT2D eigenvalue weighted by Gasteiger charge is 2.51. The third-order valence-corrected chi connectivity index (χ3v) is 6.92. The SMILES string of the molecule is COCc1cc(Cl)c(Cc2ccc(CO)s2)cc1[C@]1(C)O[C@H](C)[C@@H](O)[C@H](O)[C@H]1O. The van der Waals surface area contributed by atoms with E-state index in [-0.39, 0.29) is 13.2 Å². The van der Waals surface area contributed by atoms with Gasteiger partial charge in [-0.1, -0.05) is 17.7 Å². The third kappa shape index (κ3) is 4.38. The van der Waals surface area contributed by atoms with Crippen molar-refractivity contribution >= 4 is 22.9 Å². The first kappa shape index (κ1) is 22.7.